The van der Waals surface area contributed by atoms with Crippen molar-refractivity contribution in [3.63, 3.8) is 0 Å². The van der Waals surface area contributed by atoms with Gasteiger partial charge in [0.25, 0.3) is 0 Å². The van der Waals surface area contributed by atoms with Crippen LogP contribution in [0.1, 0.15) is 33.6 Å². The predicted octanol–water partition coefficient (Wildman–Crippen LogP) is 2.05. The summed E-state index contributed by atoms with van der Waals surface area (Å²) in [6, 6.07) is 0. The van der Waals surface area contributed by atoms with E-state index in [1.807, 2.05) is 0 Å². The van der Waals surface area contributed by atoms with Crippen molar-refractivity contribution >= 4 is 0 Å². The minimum absolute atomic E-state index is 0.00231. The van der Waals surface area contributed by atoms with Gasteiger partial charge in [-0.05, 0) is 30.6 Å². The fourth-order valence-corrected chi connectivity index (χ4v) is 3.22. The van der Waals surface area contributed by atoms with Crippen molar-refractivity contribution in [3.8, 4) is 0 Å². The van der Waals surface area contributed by atoms with Gasteiger partial charge in [-0.1, -0.05) is 20.8 Å². The maximum Gasteiger partial charge on any atom is 0.0604 e. The first kappa shape index (κ1) is 7.60. The number of aliphatic hydroxyl groups is 1. The highest BCUT2D eigenvalue weighted by Crippen LogP contribution is 2.69. The molecule has 11 heavy (non-hydrogen) atoms. The van der Waals surface area contributed by atoms with Gasteiger partial charge in [0.2, 0.25) is 0 Å². The van der Waals surface area contributed by atoms with E-state index in [1.165, 1.54) is 6.42 Å². The summed E-state index contributed by atoms with van der Waals surface area (Å²) < 4.78 is 0. The Morgan fingerprint density at radius 3 is 2.27 bits per heavy atom. The van der Waals surface area contributed by atoms with Crippen LogP contribution in [-0.4, -0.2) is 11.2 Å². The second-order valence-electron chi connectivity index (χ2n) is 4.81. The number of hydrogen-bond donors (Lipinski definition) is 1. The fourth-order valence-electron chi connectivity index (χ4n) is 3.22. The van der Waals surface area contributed by atoms with E-state index in [4.69, 9.17) is 0 Å². The molecule has 0 radical (unpaired) electrons. The quantitative estimate of drug-likeness (QED) is 0.613. The maximum atomic E-state index is 9.83. The molecule has 0 heterocycles. The Bertz CT molecular complexity index is 172. The zero-order chi connectivity index (χ0) is 8.22. The van der Waals surface area contributed by atoms with Crippen LogP contribution in [0.15, 0.2) is 0 Å². The van der Waals surface area contributed by atoms with Crippen molar-refractivity contribution in [1.29, 1.82) is 0 Å². The summed E-state index contributed by atoms with van der Waals surface area (Å²) in [6.07, 6.45) is 2.33. The van der Waals surface area contributed by atoms with Crippen LogP contribution in [0.3, 0.4) is 0 Å². The number of rotatable bonds is 1. The van der Waals surface area contributed by atoms with Crippen LogP contribution >= 0.6 is 0 Å². The van der Waals surface area contributed by atoms with Crippen LogP contribution in [0.4, 0.5) is 0 Å². The van der Waals surface area contributed by atoms with E-state index in [0.29, 0.717) is 11.3 Å². The first-order valence-electron chi connectivity index (χ1n) is 4.77. The smallest absolute Gasteiger partial charge is 0.0604 e. The SMILES string of the molecule is CC1CC(O)[C@@]2(C(C)C)C[C@@H]12. The molecule has 2 fully saturated rings. The van der Waals surface area contributed by atoms with Crippen LogP contribution in [0.2, 0.25) is 0 Å². The van der Waals surface area contributed by atoms with E-state index >= 15 is 0 Å². The Kier molecular flexibility index (Phi) is 1.39. The third-order valence-corrected chi connectivity index (χ3v) is 4.08. The monoisotopic (exact) mass is 154 g/mol. The minimum atomic E-state index is 0.00231. The van der Waals surface area contributed by atoms with Crippen molar-refractivity contribution < 1.29 is 5.11 Å². The van der Waals surface area contributed by atoms with Crippen molar-refractivity contribution in [2.75, 3.05) is 0 Å². The molecule has 0 bridgehead atoms. The van der Waals surface area contributed by atoms with Gasteiger partial charge in [0, 0.05) is 5.41 Å². The van der Waals surface area contributed by atoms with Gasteiger partial charge in [0.1, 0.15) is 0 Å². The summed E-state index contributed by atoms with van der Waals surface area (Å²) in [5.74, 6) is 2.29. The predicted molar refractivity (Wildman–Crippen MR) is 45.2 cm³/mol. The highest BCUT2D eigenvalue weighted by Gasteiger charge is 2.66. The van der Waals surface area contributed by atoms with Gasteiger partial charge >= 0.3 is 0 Å². The maximum absolute atomic E-state index is 9.83. The van der Waals surface area contributed by atoms with Crippen LogP contribution in [-0.2, 0) is 0 Å². The summed E-state index contributed by atoms with van der Waals surface area (Å²) >= 11 is 0. The number of aliphatic hydroxyl groups excluding tert-OH is 1. The Labute approximate surface area is 68.8 Å². The zero-order valence-corrected chi connectivity index (χ0v) is 7.67. The van der Waals surface area contributed by atoms with Crippen LogP contribution in [0, 0.1) is 23.2 Å². The molecule has 0 aromatic heterocycles. The number of fused-ring (bicyclic) bond motifs is 1. The van der Waals surface area contributed by atoms with Gasteiger partial charge in [-0.15, -0.1) is 0 Å². The van der Waals surface area contributed by atoms with Crippen molar-refractivity contribution in [2.45, 2.75) is 39.7 Å². The highest BCUT2D eigenvalue weighted by molar-refractivity contribution is 5.15. The molecule has 2 aliphatic rings. The van der Waals surface area contributed by atoms with Gasteiger partial charge in [-0.25, -0.2) is 0 Å². The van der Waals surface area contributed by atoms with Crippen molar-refractivity contribution in [3.05, 3.63) is 0 Å². The summed E-state index contributed by atoms with van der Waals surface area (Å²) in [4.78, 5) is 0. The first-order valence-corrected chi connectivity index (χ1v) is 4.77. The van der Waals surface area contributed by atoms with E-state index in [-0.39, 0.29) is 6.10 Å². The fraction of sp³-hybridized carbons (Fsp3) is 1.00. The normalized spacial score (nSPS) is 54.8. The molecule has 64 valence electrons. The molecule has 2 aliphatic carbocycles. The average Bonchev–Trinajstić information content (AvgIpc) is 2.56. The molecule has 0 amide bonds. The van der Waals surface area contributed by atoms with Gasteiger partial charge in [-0.3, -0.25) is 0 Å². The topological polar surface area (TPSA) is 20.2 Å². The van der Waals surface area contributed by atoms with E-state index in [1.54, 1.807) is 0 Å². The third-order valence-electron chi connectivity index (χ3n) is 4.08. The molecule has 2 saturated carbocycles. The Hall–Kier alpha value is -0.0400. The Morgan fingerprint density at radius 1 is 1.45 bits per heavy atom. The molecule has 0 saturated heterocycles. The second-order valence-corrected chi connectivity index (χ2v) is 4.81. The van der Waals surface area contributed by atoms with E-state index in [2.05, 4.69) is 20.8 Å². The molecular formula is C10H18O. The summed E-state index contributed by atoms with van der Waals surface area (Å²) in [7, 11) is 0. The highest BCUT2D eigenvalue weighted by atomic mass is 16.3. The molecule has 1 nitrogen and oxygen atoms in total. The van der Waals surface area contributed by atoms with Gasteiger partial charge in [0.05, 0.1) is 6.10 Å². The lowest BCUT2D eigenvalue weighted by molar-refractivity contribution is 0.0741. The first-order chi connectivity index (χ1) is 5.09. The standard InChI is InChI=1S/C10H18O/c1-6(2)10-5-8(10)7(3)4-9(10)11/h6-9,11H,4-5H2,1-3H3/t7?,8-,9?,10+/m0/s1. The van der Waals surface area contributed by atoms with Gasteiger partial charge in [-0.2, -0.15) is 0 Å². The second kappa shape index (κ2) is 2.01. The summed E-state index contributed by atoms with van der Waals surface area (Å²) in [5.41, 5.74) is 0.347. The lowest BCUT2D eigenvalue weighted by Gasteiger charge is -2.22. The molecule has 2 rings (SSSR count). The molecule has 0 spiro atoms. The Balaban J connectivity index is 2.19. The minimum Gasteiger partial charge on any atom is -0.393 e. The zero-order valence-electron chi connectivity index (χ0n) is 7.67. The van der Waals surface area contributed by atoms with Gasteiger partial charge in [0.15, 0.2) is 0 Å². The molecule has 0 aromatic carbocycles. The Morgan fingerprint density at radius 2 is 2.09 bits per heavy atom. The molecule has 1 N–H and O–H groups in total. The molecule has 1 heteroatoms. The lowest BCUT2D eigenvalue weighted by atomic mass is 9.88. The van der Waals surface area contributed by atoms with Crippen molar-refractivity contribution in [1.82, 2.24) is 0 Å². The molecule has 2 unspecified atom stereocenters. The van der Waals surface area contributed by atoms with E-state index in [0.717, 1.165) is 18.3 Å². The molecule has 0 aromatic rings. The van der Waals surface area contributed by atoms with Crippen LogP contribution in [0.25, 0.3) is 0 Å². The molecule has 0 aliphatic heterocycles. The van der Waals surface area contributed by atoms with E-state index < -0.39 is 0 Å². The molecule has 4 atom stereocenters. The third kappa shape index (κ3) is 0.752. The number of hydrogen-bond acceptors (Lipinski definition) is 1. The van der Waals surface area contributed by atoms with Gasteiger partial charge < -0.3 is 5.11 Å². The van der Waals surface area contributed by atoms with E-state index in [9.17, 15) is 5.11 Å². The van der Waals surface area contributed by atoms with Crippen LogP contribution in [0.5, 0.6) is 0 Å². The van der Waals surface area contributed by atoms with Crippen molar-refractivity contribution in [2.24, 2.45) is 23.2 Å². The van der Waals surface area contributed by atoms with Crippen LogP contribution < -0.4 is 0 Å². The summed E-state index contributed by atoms with van der Waals surface area (Å²) in [6.45, 7) is 6.79. The largest absolute Gasteiger partial charge is 0.393 e. The average molecular weight is 154 g/mol. The lowest BCUT2D eigenvalue weighted by Crippen LogP contribution is -2.24. The molecular weight excluding hydrogens is 136 g/mol. The summed E-state index contributed by atoms with van der Waals surface area (Å²) in [5, 5.41) is 9.83.